The summed E-state index contributed by atoms with van der Waals surface area (Å²) in [7, 11) is -3.39. The van der Waals surface area contributed by atoms with E-state index in [1.165, 1.54) is 0 Å². The van der Waals surface area contributed by atoms with Crippen LogP contribution in [0.3, 0.4) is 0 Å². The second-order valence-electron chi connectivity index (χ2n) is 3.43. The lowest BCUT2D eigenvalue weighted by Crippen LogP contribution is -2.29. The van der Waals surface area contributed by atoms with Gasteiger partial charge in [0.05, 0.1) is 4.90 Å². The van der Waals surface area contributed by atoms with Crippen molar-refractivity contribution in [2.75, 3.05) is 13.1 Å². The predicted molar refractivity (Wildman–Crippen MR) is 67.4 cm³/mol. The lowest BCUT2D eigenvalue weighted by atomic mass is 10.1. The van der Waals surface area contributed by atoms with E-state index in [1.807, 2.05) is 13.8 Å². The summed E-state index contributed by atoms with van der Waals surface area (Å²) in [5.74, 6) is 0. The standard InChI is InChI=1S/C10H16N2O2S.ClH/c1-8-3-4-10(7-9(8)2)15(13,14)12-6-5-11;/h3-4,7,12H,5-6,11H2,1-2H3;1H. The molecular formula is C10H17ClN2O2S. The van der Waals surface area contributed by atoms with Gasteiger partial charge in [-0.05, 0) is 37.1 Å². The molecule has 0 aliphatic heterocycles. The van der Waals surface area contributed by atoms with E-state index in [4.69, 9.17) is 5.73 Å². The Kier molecular flexibility index (Phi) is 5.96. The summed E-state index contributed by atoms with van der Waals surface area (Å²) in [6.07, 6.45) is 0. The van der Waals surface area contributed by atoms with Gasteiger partial charge in [-0.1, -0.05) is 6.07 Å². The van der Waals surface area contributed by atoms with Gasteiger partial charge < -0.3 is 5.73 Å². The van der Waals surface area contributed by atoms with Gasteiger partial charge in [0, 0.05) is 13.1 Å². The van der Waals surface area contributed by atoms with Crippen LogP contribution in [-0.4, -0.2) is 21.5 Å². The lowest BCUT2D eigenvalue weighted by Gasteiger charge is -2.07. The summed E-state index contributed by atoms with van der Waals surface area (Å²) in [6.45, 7) is 4.38. The number of benzene rings is 1. The second-order valence-corrected chi connectivity index (χ2v) is 5.20. The van der Waals surface area contributed by atoms with Crippen molar-refractivity contribution in [2.24, 2.45) is 5.73 Å². The quantitative estimate of drug-likeness (QED) is 0.851. The molecule has 0 atom stereocenters. The maximum Gasteiger partial charge on any atom is 0.240 e. The summed E-state index contributed by atoms with van der Waals surface area (Å²) in [5.41, 5.74) is 7.28. The van der Waals surface area contributed by atoms with Crippen molar-refractivity contribution in [1.29, 1.82) is 0 Å². The Morgan fingerprint density at radius 3 is 2.38 bits per heavy atom. The van der Waals surface area contributed by atoms with E-state index in [0.717, 1.165) is 11.1 Å². The van der Waals surface area contributed by atoms with Crippen molar-refractivity contribution in [1.82, 2.24) is 4.72 Å². The van der Waals surface area contributed by atoms with Gasteiger partial charge in [0.1, 0.15) is 0 Å². The normalized spacial score (nSPS) is 10.9. The van der Waals surface area contributed by atoms with E-state index < -0.39 is 10.0 Å². The minimum absolute atomic E-state index is 0. The van der Waals surface area contributed by atoms with Crippen molar-refractivity contribution in [2.45, 2.75) is 18.7 Å². The molecule has 0 amide bonds. The lowest BCUT2D eigenvalue weighted by molar-refractivity contribution is 0.582. The topological polar surface area (TPSA) is 72.2 Å². The van der Waals surface area contributed by atoms with Crippen LogP contribution in [0, 0.1) is 13.8 Å². The number of nitrogens with one attached hydrogen (secondary N) is 1. The number of hydrogen-bond acceptors (Lipinski definition) is 3. The number of hydrogen-bond donors (Lipinski definition) is 2. The number of halogens is 1. The molecule has 0 unspecified atom stereocenters. The fraction of sp³-hybridized carbons (Fsp3) is 0.400. The zero-order valence-electron chi connectivity index (χ0n) is 9.36. The zero-order chi connectivity index (χ0) is 11.5. The van der Waals surface area contributed by atoms with E-state index in [9.17, 15) is 8.42 Å². The highest BCUT2D eigenvalue weighted by molar-refractivity contribution is 7.89. The third kappa shape index (κ3) is 3.75. The molecular weight excluding hydrogens is 248 g/mol. The highest BCUT2D eigenvalue weighted by Crippen LogP contribution is 2.14. The maximum atomic E-state index is 11.7. The SMILES string of the molecule is Cc1ccc(S(=O)(=O)NCCN)cc1C.Cl. The molecule has 6 heteroatoms. The highest BCUT2D eigenvalue weighted by Gasteiger charge is 2.13. The molecule has 0 fully saturated rings. The molecule has 0 bridgehead atoms. The second kappa shape index (κ2) is 6.20. The summed E-state index contributed by atoms with van der Waals surface area (Å²) in [4.78, 5) is 0.291. The van der Waals surface area contributed by atoms with Gasteiger partial charge >= 0.3 is 0 Å². The van der Waals surface area contributed by atoms with Gasteiger partial charge in [-0.3, -0.25) is 0 Å². The predicted octanol–water partition coefficient (Wildman–Crippen LogP) is 0.962. The fourth-order valence-corrected chi connectivity index (χ4v) is 2.29. The Bertz CT molecular complexity index is 446. The Labute approximate surface area is 103 Å². The first-order valence-electron chi connectivity index (χ1n) is 4.74. The summed E-state index contributed by atoms with van der Waals surface area (Å²) < 4.78 is 25.8. The van der Waals surface area contributed by atoms with Gasteiger partial charge in [-0.2, -0.15) is 0 Å². The first kappa shape index (κ1) is 15.4. The van der Waals surface area contributed by atoms with Crippen LogP contribution >= 0.6 is 12.4 Å². The van der Waals surface area contributed by atoms with Gasteiger partial charge in [0.2, 0.25) is 10.0 Å². The number of rotatable bonds is 4. The molecule has 0 saturated carbocycles. The molecule has 0 aromatic heterocycles. The molecule has 1 aromatic carbocycles. The van der Waals surface area contributed by atoms with Crippen LogP contribution < -0.4 is 10.5 Å². The van der Waals surface area contributed by atoms with Gasteiger partial charge in [0.25, 0.3) is 0 Å². The van der Waals surface area contributed by atoms with Crippen molar-refractivity contribution >= 4 is 22.4 Å². The molecule has 0 spiro atoms. The molecule has 0 aliphatic rings. The molecule has 1 aromatic rings. The average molecular weight is 265 g/mol. The Morgan fingerprint density at radius 1 is 1.25 bits per heavy atom. The molecule has 3 N–H and O–H groups in total. The Morgan fingerprint density at radius 2 is 1.88 bits per heavy atom. The Balaban J connectivity index is 0.00000225. The van der Waals surface area contributed by atoms with Crippen LogP contribution in [-0.2, 0) is 10.0 Å². The summed E-state index contributed by atoms with van der Waals surface area (Å²) in [6, 6.07) is 5.06. The molecule has 0 radical (unpaired) electrons. The van der Waals surface area contributed by atoms with Crippen LogP contribution in [0.2, 0.25) is 0 Å². The number of aryl methyl sites for hydroxylation is 2. The Hall–Kier alpha value is -0.620. The maximum absolute atomic E-state index is 11.7. The van der Waals surface area contributed by atoms with Crippen LogP contribution in [0.1, 0.15) is 11.1 Å². The minimum atomic E-state index is -3.39. The first-order valence-corrected chi connectivity index (χ1v) is 6.22. The van der Waals surface area contributed by atoms with E-state index in [1.54, 1.807) is 18.2 Å². The molecule has 92 valence electrons. The summed E-state index contributed by atoms with van der Waals surface area (Å²) >= 11 is 0. The van der Waals surface area contributed by atoms with Crippen LogP contribution in [0.4, 0.5) is 0 Å². The van der Waals surface area contributed by atoms with E-state index >= 15 is 0 Å². The molecule has 16 heavy (non-hydrogen) atoms. The van der Waals surface area contributed by atoms with Crippen LogP contribution in [0.15, 0.2) is 23.1 Å². The van der Waals surface area contributed by atoms with Crippen molar-refractivity contribution in [3.63, 3.8) is 0 Å². The van der Waals surface area contributed by atoms with Crippen molar-refractivity contribution in [3.8, 4) is 0 Å². The minimum Gasteiger partial charge on any atom is -0.329 e. The van der Waals surface area contributed by atoms with Gasteiger partial charge in [-0.25, -0.2) is 13.1 Å². The third-order valence-electron chi connectivity index (χ3n) is 2.23. The first-order chi connectivity index (χ1) is 6.97. The smallest absolute Gasteiger partial charge is 0.240 e. The highest BCUT2D eigenvalue weighted by atomic mass is 35.5. The molecule has 1 rings (SSSR count). The van der Waals surface area contributed by atoms with Crippen LogP contribution in [0.25, 0.3) is 0 Å². The van der Waals surface area contributed by atoms with Gasteiger partial charge in [-0.15, -0.1) is 12.4 Å². The van der Waals surface area contributed by atoms with Crippen molar-refractivity contribution < 1.29 is 8.42 Å². The molecule has 0 heterocycles. The molecule has 0 saturated heterocycles. The fourth-order valence-electron chi connectivity index (χ4n) is 1.16. The van der Waals surface area contributed by atoms with Gasteiger partial charge in [0.15, 0.2) is 0 Å². The zero-order valence-corrected chi connectivity index (χ0v) is 11.0. The largest absolute Gasteiger partial charge is 0.329 e. The van der Waals surface area contributed by atoms with E-state index in [0.29, 0.717) is 11.4 Å². The summed E-state index contributed by atoms with van der Waals surface area (Å²) in [5, 5.41) is 0. The van der Waals surface area contributed by atoms with E-state index in [2.05, 4.69) is 4.72 Å². The monoisotopic (exact) mass is 264 g/mol. The third-order valence-corrected chi connectivity index (χ3v) is 3.68. The molecule has 4 nitrogen and oxygen atoms in total. The average Bonchev–Trinajstić information content (AvgIpc) is 2.19. The number of nitrogens with two attached hydrogens (primary N) is 1. The van der Waals surface area contributed by atoms with Crippen molar-refractivity contribution in [3.05, 3.63) is 29.3 Å². The number of sulfonamides is 1. The van der Waals surface area contributed by atoms with Crippen LogP contribution in [0.5, 0.6) is 0 Å². The molecule has 0 aliphatic carbocycles. The van der Waals surface area contributed by atoms with E-state index in [-0.39, 0.29) is 19.0 Å².